The number of nitrogens with zero attached hydrogens (tertiary/aromatic N) is 6. The number of amides is 1. The number of hydrogen-bond donors (Lipinski definition) is 1. The maximum absolute atomic E-state index is 13.1. The molecule has 0 aliphatic carbocycles. The van der Waals surface area contributed by atoms with Crippen molar-refractivity contribution in [2.45, 2.75) is 56.9 Å². The molecule has 4 aromatic rings. The van der Waals surface area contributed by atoms with E-state index in [-0.39, 0.29) is 22.9 Å². The van der Waals surface area contributed by atoms with Gasteiger partial charge in [0.05, 0.1) is 5.69 Å². The van der Waals surface area contributed by atoms with E-state index in [1.807, 2.05) is 60.6 Å². The summed E-state index contributed by atoms with van der Waals surface area (Å²) < 4.78 is 28.0. The fourth-order valence-corrected chi connectivity index (χ4v) is 6.77. The number of hydrogen-bond acceptors (Lipinski definition) is 6. The minimum atomic E-state index is -2.45. The fourth-order valence-electron chi connectivity index (χ4n) is 6.77. The molecule has 8 nitrogen and oxygen atoms in total. The zero-order valence-corrected chi connectivity index (χ0v) is 25.7. The molecule has 0 saturated carbocycles. The summed E-state index contributed by atoms with van der Waals surface area (Å²) >= 11 is 0. The number of anilines is 3. The van der Waals surface area contributed by atoms with Crippen molar-refractivity contribution >= 4 is 28.9 Å². The quantitative estimate of drug-likeness (QED) is 0.248. The zero-order chi connectivity index (χ0) is 30.8. The highest BCUT2D eigenvalue weighted by Crippen LogP contribution is 2.40. The normalized spacial score (nSPS) is 17.7. The topological polar surface area (TPSA) is 69.0 Å². The maximum atomic E-state index is 13.1. The standard InChI is InChI=1S/C34H41F2N7O/c1-4-34(26-11-7-24(8-12-26)30(35)36)17-22-42(23-18-34)29-6-5-19-43-31(29)38-33(39-43)37-27-13-9-25(10-14-27)32(44)41(3)28-15-20-40(2)21-16-28/h5-14,19,28,30H,4,15-18,20-23H2,1-3H3,(H,37,39). The van der Waals surface area contributed by atoms with E-state index in [1.165, 1.54) is 0 Å². The largest absolute Gasteiger partial charge is 0.368 e. The molecule has 6 rings (SSSR count). The number of fused-ring (bicyclic) bond motifs is 1. The Kier molecular flexibility index (Phi) is 8.53. The lowest BCUT2D eigenvalue weighted by atomic mass is 9.70. The van der Waals surface area contributed by atoms with Gasteiger partial charge in [-0.1, -0.05) is 31.2 Å². The molecule has 1 amide bonds. The Bertz CT molecular complexity index is 1570. The molecule has 0 unspecified atom stereocenters. The predicted molar refractivity (Wildman–Crippen MR) is 170 cm³/mol. The van der Waals surface area contributed by atoms with Gasteiger partial charge in [0, 0.05) is 49.2 Å². The van der Waals surface area contributed by atoms with Crippen LogP contribution in [0.15, 0.2) is 66.9 Å². The van der Waals surface area contributed by atoms with Gasteiger partial charge in [-0.2, -0.15) is 4.98 Å². The number of benzene rings is 2. The lowest BCUT2D eigenvalue weighted by Crippen LogP contribution is -2.44. The molecule has 2 saturated heterocycles. The average Bonchev–Trinajstić information content (AvgIpc) is 3.47. The first-order valence-corrected chi connectivity index (χ1v) is 15.6. The molecule has 232 valence electrons. The first-order chi connectivity index (χ1) is 21.3. The molecule has 0 spiro atoms. The summed E-state index contributed by atoms with van der Waals surface area (Å²) in [5.41, 5.74) is 4.44. The molecular weight excluding hydrogens is 560 g/mol. The molecule has 4 heterocycles. The van der Waals surface area contributed by atoms with Gasteiger partial charge in [-0.15, -0.1) is 5.10 Å². The Morgan fingerprint density at radius 1 is 1.02 bits per heavy atom. The third-order valence-electron chi connectivity index (χ3n) is 9.80. The molecule has 2 aromatic heterocycles. The fraction of sp³-hybridized carbons (Fsp3) is 0.441. The second kappa shape index (κ2) is 12.5. The van der Waals surface area contributed by atoms with E-state index in [0.29, 0.717) is 11.5 Å². The Labute approximate surface area is 257 Å². The van der Waals surface area contributed by atoms with Crippen molar-refractivity contribution in [3.63, 3.8) is 0 Å². The first kappa shape index (κ1) is 30.0. The number of carbonyl (C=O) groups excluding carboxylic acids is 1. The van der Waals surface area contributed by atoms with Gasteiger partial charge in [0.2, 0.25) is 5.95 Å². The van der Waals surface area contributed by atoms with Crippen LogP contribution in [0.5, 0.6) is 0 Å². The summed E-state index contributed by atoms with van der Waals surface area (Å²) in [6.45, 7) is 5.87. The van der Waals surface area contributed by atoms with E-state index in [2.05, 4.69) is 40.3 Å². The van der Waals surface area contributed by atoms with Gasteiger partial charge in [-0.25, -0.2) is 13.3 Å². The van der Waals surface area contributed by atoms with E-state index in [9.17, 15) is 13.6 Å². The third kappa shape index (κ3) is 6.00. The number of likely N-dealkylation sites (tertiary alicyclic amines) is 1. The van der Waals surface area contributed by atoms with Crippen LogP contribution < -0.4 is 10.2 Å². The molecule has 44 heavy (non-hydrogen) atoms. The summed E-state index contributed by atoms with van der Waals surface area (Å²) in [4.78, 5) is 24.5. The molecule has 0 bridgehead atoms. The van der Waals surface area contributed by atoms with Crippen molar-refractivity contribution in [1.29, 1.82) is 0 Å². The van der Waals surface area contributed by atoms with Gasteiger partial charge in [0.1, 0.15) is 0 Å². The van der Waals surface area contributed by atoms with Crippen LogP contribution in [-0.2, 0) is 5.41 Å². The number of carbonyl (C=O) groups is 1. The van der Waals surface area contributed by atoms with Crippen LogP contribution in [0.2, 0.25) is 0 Å². The summed E-state index contributed by atoms with van der Waals surface area (Å²) in [6.07, 6.45) is 4.24. The number of rotatable bonds is 8. The molecule has 0 atom stereocenters. The number of nitrogens with one attached hydrogen (secondary N) is 1. The van der Waals surface area contributed by atoms with Crippen molar-refractivity contribution in [3.8, 4) is 0 Å². The van der Waals surface area contributed by atoms with E-state index in [4.69, 9.17) is 4.98 Å². The summed E-state index contributed by atoms with van der Waals surface area (Å²) in [5, 5.41) is 7.96. The van der Waals surface area contributed by atoms with Gasteiger partial charge >= 0.3 is 0 Å². The number of piperidine rings is 2. The van der Waals surface area contributed by atoms with Crippen LogP contribution in [0, 0.1) is 0 Å². The second-order valence-corrected chi connectivity index (χ2v) is 12.3. The van der Waals surface area contributed by atoms with Gasteiger partial charge in [-0.3, -0.25) is 4.79 Å². The molecule has 2 aliphatic heterocycles. The molecule has 2 aromatic carbocycles. The Morgan fingerprint density at radius 2 is 1.70 bits per heavy atom. The average molecular weight is 602 g/mol. The van der Waals surface area contributed by atoms with Crippen LogP contribution in [0.3, 0.4) is 0 Å². The van der Waals surface area contributed by atoms with E-state index in [0.717, 1.165) is 80.9 Å². The summed E-state index contributed by atoms with van der Waals surface area (Å²) in [5.74, 6) is 0.527. The van der Waals surface area contributed by atoms with Crippen molar-refractivity contribution in [2.75, 3.05) is 50.5 Å². The third-order valence-corrected chi connectivity index (χ3v) is 9.80. The lowest BCUT2D eigenvalue weighted by Gasteiger charge is -2.42. The van der Waals surface area contributed by atoms with Crippen LogP contribution in [0.1, 0.15) is 66.9 Å². The predicted octanol–water partition coefficient (Wildman–Crippen LogP) is 6.52. The highest BCUT2D eigenvalue weighted by atomic mass is 19.3. The van der Waals surface area contributed by atoms with E-state index < -0.39 is 6.43 Å². The second-order valence-electron chi connectivity index (χ2n) is 12.3. The van der Waals surface area contributed by atoms with Crippen molar-refractivity contribution in [1.82, 2.24) is 24.4 Å². The minimum absolute atomic E-state index is 0.0297. The minimum Gasteiger partial charge on any atom is -0.368 e. The van der Waals surface area contributed by atoms with Gasteiger partial charge < -0.3 is 20.0 Å². The van der Waals surface area contributed by atoms with E-state index >= 15 is 0 Å². The Hall–Kier alpha value is -4.05. The Balaban J connectivity index is 1.12. The highest BCUT2D eigenvalue weighted by Gasteiger charge is 2.35. The first-order valence-electron chi connectivity index (χ1n) is 15.6. The molecule has 0 radical (unpaired) electrons. The Morgan fingerprint density at radius 3 is 2.34 bits per heavy atom. The molecular formula is C34H41F2N7O. The van der Waals surface area contributed by atoms with Gasteiger partial charge in [-0.05, 0) is 99.6 Å². The van der Waals surface area contributed by atoms with Crippen LogP contribution in [-0.4, -0.2) is 76.6 Å². The zero-order valence-electron chi connectivity index (χ0n) is 25.7. The van der Waals surface area contributed by atoms with Gasteiger partial charge in [0.15, 0.2) is 5.65 Å². The maximum Gasteiger partial charge on any atom is 0.263 e. The monoisotopic (exact) mass is 601 g/mol. The van der Waals surface area contributed by atoms with Gasteiger partial charge in [0.25, 0.3) is 12.3 Å². The summed E-state index contributed by atoms with van der Waals surface area (Å²) in [6, 6.07) is 18.7. The van der Waals surface area contributed by atoms with Crippen LogP contribution >= 0.6 is 0 Å². The highest BCUT2D eigenvalue weighted by molar-refractivity contribution is 5.94. The molecule has 1 N–H and O–H groups in total. The van der Waals surface area contributed by atoms with E-state index in [1.54, 1.807) is 16.6 Å². The van der Waals surface area contributed by atoms with Crippen LogP contribution in [0.25, 0.3) is 5.65 Å². The SMILES string of the molecule is CCC1(c2ccc(C(F)F)cc2)CCN(c2cccn3nc(Nc4ccc(C(=O)N(C)C5CCN(C)CC5)cc4)nc23)CC1. The van der Waals surface area contributed by atoms with Crippen molar-refractivity contribution < 1.29 is 13.6 Å². The smallest absolute Gasteiger partial charge is 0.263 e. The number of halogens is 2. The van der Waals surface area contributed by atoms with Crippen LogP contribution in [0.4, 0.5) is 26.1 Å². The van der Waals surface area contributed by atoms with Crippen molar-refractivity contribution in [3.05, 3.63) is 83.6 Å². The molecule has 2 aliphatic rings. The number of pyridine rings is 1. The molecule has 2 fully saturated rings. The van der Waals surface area contributed by atoms with Crippen molar-refractivity contribution in [2.24, 2.45) is 0 Å². The lowest BCUT2D eigenvalue weighted by molar-refractivity contribution is 0.0659. The summed E-state index contributed by atoms with van der Waals surface area (Å²) in [7, 11) is 4.02. The number of aromatic nitrogens is 3. The number of alkyl halides is 2. The molecule has 10 heteroatoms.